The highest BCUT2D eigenvalue weighted by atomic mass is 32.2. The number of rotatable bonds is 3. The summed E-state index contributed by atoms with van der Waals surface area (Å²) >= 11 is -2.35. The van der Waals surface area contributed by atoms with E-state index in [-0.39, 0.29) is 0 Å². The van der Waals surface area contributed by atoms with Gasteiger partial charge in [-0.3, -0.25) is 4.55 Å². The van der Waals surface area contributed by atoms with Crippen molar-refractivity contribution in [3.8, 4) is 0 Å². The molecule has 0 rings (SSSR count). The summed E-state index contributed by atoms with van der Waals surface area (Å²) in [7, 11) is -3.43. The van der Waals surface area contributed by atoms with Gasteiger partial charge in [0.2, 0.25) is 21.3 Å². The van der Waals surface area contributed by atoms with Crippen molar-refractivity contribution in [2.24, 2.45) is 0 Å². The van der Waals surface area contributed by atoms with Gasteiger partial charge in [0.05, 0.1) is 6.26 Å². The van der Waals surface area contributed by atoms with Gasteiger partial charge in [-0.2, -0.15) is 0 Å². The van der Waals surface area contributed by atoms with Crippen LogP contribution >= 0.6 is 0 Å². The molecular formula is CH6N2O4S2. The molecule has 0 saturated carbocycles. The molecule has 0 fully saturated rings. The molecule has 1 unspecified atom stereocenters. The van der Waals surface area contributed by atoms with Crippen molar-refractivity contribution in [2.75, 3.05) is 6.26 Å². The van der Waals surface area contributed by atoms with Crippen LogP contribution in [0.1, 0.15) is 0 Å². The minimum absolute atomic E-state index is 0.854. The Morgan fingerprint density at radius 3 is 2.11 bits per heavy atom. The van der Waals surface area contributed by atoms with Gasteiger partial charge in [-0.15, -0.1) is 9.66 Å². The summed E-state index contributed by atoms with van der Waals surface area (Å²) < 4.78 is 37.9. The quantitative estimate of drug-likeness (QED) is 0.346. The summed E-state index contributed by atoms with van der Waals surface area (Å²) in [5.41, 5.74) is 0. The molecular weight excluding hydrogens is 168 g/mol. The van der Waals surface area contributed by atoms with E-state index in [2.05, 4.69) is 0 Å². The lowest BCUT2D eigenvalue weighted by Gasteiger charge is -1.96. The van der Waals surface area contributed by atoms with Crippen LogP contribution in [-0.4, -0.2) is 23.4 Å². The molecule has 0 bridgehead atoms. The molecule has 56 valence electrons. The van der Waals surface area contributed by atoms with Crippen molar-refractivity contribution < 1.29 is 17.2 Å². The van der Waals surface area contributed by atoms with Crippen molar-refractivity contribution in [1.82, 2.24) is 9.66 Å². The fraction of sp³-hybridized carbons (Fsp3) is 1.00. The summed E-state index contributed by atoms with van der Waals surface area (Å²) in [4.78, 5) is 3.17. The Hall–Kier alpha value is -0.0200. The van der Waals surface area contributed by atoms with E-state index in [0.29, 0.717) is 0 Å². The van der Waals surface area contributed by atoms with Crippen LogP contribution in [0, 0.1) is 0 Å². The number of hydrazine groups is 1. The zero-order valence-electron chi connectivity index (χ0n) is 4.49. The molecule has 9 heavy (non-hydrogen) atoms. The topological polar surface area (TPSA) is 95.5 Å². The Labute approximate surface area is 55.1 Å². The molecule has 0 heterocycles. The Bertz CT molecular complexity index is 195. The van der Waals surface area contributed by atoms with E-state index in [1.807, 2.05) is 0 Å². The molecule has 6 nitrogen and oxygen atoms in total. The van der Waals surface area contributed by atoms with Crippen molar-refractivity contribution >= 4 is 21.3 Å². The molecule has 0 radical (unpaired) electrons. The first-order valence-electron chi connectivity index (χ1n) is 1.75. The third kappa shape index (κ3) is 7.98. The summed E-state index contributed by atoms with van der Waals surface area (Å²) in [6.45, 7) is 0. The Kier molecular flexibility index (Phi) is 3.22. The van der Waals surface area contributed by atoms with Gasteiger partial charge in [0.1, 0.15) is 0 Å². The van der Waals surface area contributed by atoms with E-state index in [1.54, 1.807) is 9.66 Å². The van der Waals surface area contributed by atoms with E-state index in [4.69, 9.17) is 4.55 Å². The molecule has 0 saturated heterocycles. The largest absolute Gasteiger partial charge is 0.293 e. The zero-order chi connectivity index (χ0) is 7.49. The van der Waals surface area contributed by atoms with Crippen molar-refractivity contribution in [2.45, 2.75) is 0 Å². The first-order valence-corrected chi connectivity index (χ1v) is 4.75. The maximum absolute atomic E-state index is 10.1. The number of hydrogen-bond acceptors (Lipinski definition) is 3. The van der Waals surface area contributed by atoms with Crippen LogP contribution < -0.4 is 9.66 Å². The van der Waals surface area contributed by atoms with Crippen LogP contribution in [-0.2, 0) is 21.3 Å². The van der Waals surface area contributed by atoms with Crippen molar-refractivity contribution in [1.29, 1.82) is 0 Å². The highest BCUT2D eigenvalue weighted by Gasteiger charge is 1.99. The molecule has 0 aliphatic rings. The number of sulfonamides is 1. The molecule has 0 aliphatic carbocycles. The van der Waals surface area contributed by atoms with E-state index >= 15 is 0 Å². The Morgan fingerprint density at radius 1 is 1.56 bits per heavy atom. The first kappa shape index (κ1) is 8.98. The maximum Gasteiger partial charge on any atom is 0.246 e. The summed E-state index contributed by atoms with van der Waals surface area (Å²) in [6, 6.07) is 0. The van der Waals surface area contributed by atoms with E-state index in [1.165, 1.54) is 0 Å². The molecule has 0 aromatic rings. The molecule has 0 aromatic heterocycles. The van der Waals surface area contributed by atoms with Crippen LogP contribution in [0.15, 0.2) is 0 Å². The monoisotopic (exact) mass is 174 g/mol. The average Bonchev–Trinajstić information content (AvgIpc) is 1.59. The van der Waals surface area contributed by atoms with Gasteiger partial charge in [-0.05, 0) is 0 Å². The van der Waals surface area contributed by atoms with Gasteiger partial charge in [0.25, 0.3) is 0 Å². The summed E-state index contributed by atoms with van der Waals surface area (Å²) in [5, 5.41) is 0. The van der Waals surface area contributed by atoms with Crippen LogP contribution in [0.4, 0.5) is 0 Å². The lowest BCUT2D eigenvalue weighted by atomic mass is 12.0. The third-order valence-electron chi connectivity index (χ3n) is 0.314. The molecule has 0 amide bonds. The van der Waals surface area contributed by atoms with Gasteiger partial charge in [-0.1, -0.05) is 0 Å². The molecule has 0 aliphatic heterocycles. The molecule has 0 aromatic carbocycles. The summed E-state index contributed by atoms with van der Waals surface area (Å²) in [5.74, 6) is 0. The minimum atomic E-state index is -3.43. The molecule has 3 N–H and O–H groups in total. The van der Waals surface area contributed by atoms with Crippen LogP contribution in [0.5, 0.6) is 0 Å². The maximum atomic E-state index is 10.1. The second-order valence-electron chi connectivity index (χ2n) is 1.23. The third-order valence-corrected chi connectivity index (χ3v) is 1.19. The molecule has 8 heteroatoms. The summed E-state index contributed by atoms with van der Waals surface area (Å²) in [6.07, 6.45) is 0.854. The normalized spacial score (nSPS) is 15.3. The zero-order valence-corrected chi connectivity index (χ0v) is 6.12. The van der Waals surface area contributed by atoms with Gasteiger partial charge < -0.3 is 0 Å². The molecule has 0 spiro atoms. The first-order chi connectivity index (χ1) is 3.92. The lowest BCUT2D eigenvalue weighted by Crippen LogP contribution is -2.37. The van der Waals surface area contributed by atoms with Crippen LogP contribution in [0.2, 0.25) is 0 Å². The van der Waals surface area contributed by atoms with Crippen LogP contribution in [0.25, 0.3) is 0 Å². The van der Waals surface area contributed by atoms with Crippen molar-refractivity contribution in [3.63, 3.8) is 0 Å². The van der Waals surface area contributed by atoms with Gasteiger partial charge in [-0.25, -0.2) is 12.6 Å². The van der Waals surface area contributed by atoms with Gasteiger partial charge >= 0.3 is 0 Å². The minimum Gasteiger partial charge on any atom is -0.293 e. The predicted octanol–water partition coefficient (Wildman–Crippen LogP) is -1.82. The number of hydrogen-bond donors (Lipinski definition) is 3. The highest BCUT2D eigenvalue weighted by Crippen LogP contribution is 1.67. The SMILES string of the molecule is CS(=O)(=O)NNS(=O)O. The van der Waals surface area contributed by atoms with Crippen molar-refractivity contribution in [3.05, 3.63) is 0 Å². The number of nitrogens with one attached hydrogen (secondary N) is 2. The fourth-order valence-corrected chi connectivity index (χ4v) is 1.00. The Balaban J connectivity index is 3.67. The second kappa shape index (κ2) is 3.22. The predicted molar refractivity (Wildman–Crippen MR) is 31.9 cm³/mol. The standard InChI is InChI=1S/CH6N2O4S2/c1-9(6,7)3-2-8(4)5/h2-3H,1H3,(H,4,5). The van der Waals surface area contributed by atoms with Crippen LogP contribution in [0.3, 0.4) is 0 Å². The highest BCUT2D eigenvalue weighted by molar-refractivity contribution is 7.89. The van der Waals surface area contributed by atoms with E-state index in [0.717, 1.165) is 6.26 Å². The second-order valence-corrected chi connectivity index (χ2v) is 3.68. The van der Waals surface area contributed by atoms with Gasteiger partial charge in [0.15, 0.2) is 0 Å². The molecule has 1 atom stereocenters. The van der Waals surface area contributed by atoms with E-state index in [9.17, 15) is 12.6 Å². The van der Waals surface area contributed by atoms with E-state index < -0.39 is 21.3 Å². The fourth-order valence-electron chi connectivity index (χ4n) is 0.111. The smallest absolute Gasteiger partial charge is 0.246 e. The van der Waals surface area contributed by atoms with Gasteiger partial charge in [0, 0.05) is 0 Å². The lowest BCUT2D eigenvalue weighted by molar-refractivity contribution is 0.537. The Morgan fingerprint density at radius 2 is 2.00 bits per heavy atom. The average molecular weight is 174 g/mol.